The topological polar surface area (TPSA) is 66.8 Å². The molecule has 120 valence electrons. The number of benzene rings is 2. The van der Waals surface area contributed by atoms with Crippen LogP contribution in [0.15, 0.2) is 54.6 Å². The molecule has 0 spiro atoms. The lowest BCUT2D eigenvalue weighted by Gasteiger charge is -2.25. The summed E-state index contributed by atoms with van der Waals surface area (Å²) in [5.41, 5.74) is 1.15. The van der Waals surface area contributed by atoms with Gasteiger partial charge in [0.25, 0.3) is 0 Å². The predicted octanol–water partition coefficient (Wildman–Crippen LogP) is 3.73. The van der Waals surface area contributed by atoms with E-state index in [1.54, 1.807) is 24.3 Å². The van der Waals surface area contributed by atoms with E-state index in [1.165, 1.54) is 7.05 Å². The molecule has 2 rings (SSSR count). The average molecular weight is 334 g/mol. The Balaban J connectivity index is 2.12. The van der Waals surface area contributed by atoms with Gasteiger partial charge in [0, 0.05) is 17.6 Å². The zero-order valence-electron chi connectivity index (χ0n) is 12.5. The van der Waals surface area contributed by atoms with Crippen LogP contribution in [0.25, 0.3) is 0 Å². The third kappa shape index (κ3) is 4.23. The number of carboxylic acid groups (broad SMARTS) is 1. The summed E-state index contributed by atoms with van der Waals surface area (Å²) in [5, 5.41) is 9.73. The summed E-state index contributed by atoms with van der Waals surface area (Å²) in [6.07, 6.45) is -0.735. The zero-order valence-corrected chi connectivity index (χ0v) is 13.2. The van der Waals surface area contributed by atoms with E-state index in [2.05, 4.69) is 0 Å². The molecule has 0 aliphatic carbocycles. The molecule has 0 aromatic heterocycles. The first kappa shape index (κ1) is 16.8. The number of halogens is 1. The van der Waals surface area contributed by atoms with E-state index in [-0.39, 0.29) is 11.6 Å². The second kappa shape index (κ2) is 7.65. The average Bonchev–Trinajstić information content (AvgIpc) is 2.55. The van der Waals surface area contributed by atoms with Gasteiger partial charge in [0.2, 0.25) is 0 Å². The second-order valence-electron chi connectivity index (χ2n) is 4.91. The number of ether oxygens (including phenoxy) is 1. The van der Waals surface area contributed by atoms with Crippen LogP contribution in [-0.2, 0) is 16.1 Å². The molecule has 0 bridgehead atoms. The quantitative estimate of drug-likeness (QED) is 0.905. The molecule has 23 heavy (non-hydrogen) atoms. The van der Waals surface area contributed by atoms with Crippen molar-refractivity contribution in [1.29, 1.82) is 0 Å². The Morgan fingerprint density at radius 3 is 2.35 bits per heavy atom. The van der Waals surface area contributed by atoms with E-state index in [4.69, 9.17) is 16.3 Å². The molecule has 0 aliphatic rings. The smallest absolute Gasteiger partial charge is 0.410 e. The van der Waals surface area contributed by atoms with Crippen molar-refractivity contribution < 1.29 is 19.4 Å². The summed E-state index contributed by atoms with van der Waals surface area (Å²) < 4.78 is 5.16. The van der Waals surface area contributed by atoms with E-state index in [1.807, 2.05) is 30.3 Å². The maximum absolute atomic E-state index is 12.1. The highest BCUT2D eigenvalue weighted by Crippen LogP contribution is 2.27. The lowest BCUT2D eigenvalue weighted by atomic mass is 10.1. The van der Waals surface area contributed by atoms with Gasteiger partial charge in [0.1, 0.15) is 6.61 Å². The fourth-order valence-electron chi connectivity index (χ4n) is 2.13. The van der Waals surface area contributed by atoms with Crippen LogP contribution < -0.4 is 0 Å². The Hall–Kier alpha value is -2.53. The van der Waals surface area contributed by atoms with Crippen LogP contribution in [0.3, 0.4) is 0 Å². The molecule has 1 N–H and O–H groups in total. The molecule has 0 radical (unpaired) electrons. The van der Waals surface area contributed by atoms with Crippen molar-refractivity contribution in [3.8, 4) is 0 Å². The SMILES string of the molecule is CN(C(=O)OCc1ccccc1)C(C(=O)O)c1ccccc1Cl. The number of rotatable bonds is 5. The minimum absolute atomic E-state index is 0.0683. The monoisotopic (exact) mass is 333 g/mol. The maximum atomic E-state index is 12.1. The second-order valence-corrected chi connectivity index (χ2v) is 5.32. The lowest BCUT2D eigenvalue weighted by molar-refractivity contribution is -0.142. The highest BCUT2D eigenvalue weighted by Gasteiger charge is 2.30. The summed E-state index contributed by atoms with van der Waals surface area (Å²) >= 11 is 6.04. The molecule has 0 saturated carbocycles. The summed E-state index contributed by atoms with van der Waals surface area (Å²) in [5.74, 6) is -1.18. The van der Waals surface area contributed by atoms with E-state index in [0.717, 1.165) is 10.5 Å². The molecule has 2 aromatic rings. The maximum Gasteiger partial charge on any atom is 0.410 e. The standard InChI is InChI=1S/C17H16ClNO4/c1-19(17(22)23-11-12-7-3-2-4-8-12)15(16(20)21)13-9-5-6-10-14(13)18/h2-10,15H,11H2,1H3,(H,20,21). The number of carbonyl (C=O) groups excluding carboxylic acids is 1. The van der Waals surface area contributed by atoms with Crippen LogP contribution in [0.2, 0.25) is 5.02 Å². The van der Waals surface area contributed by atoms with E-state index < -0.39 is 18.1 Å². The van der Waals surface area contributed by atoms with Crippen LogP contribution in [0.5, 0.6) is 0 Å². The third-order valence-electron chi connectivity index (χ3n) is 3.31. The van der Waals surface area contributed by atoms with Crippen LogP contribution in [0.1, 0.15) is 17.2 Å². The Labute approximate surface area is 139 Å². The summed E-state index contributed by atoms with van der Waals surface area (Å²) in [7, 11) is 1.37. The number of aliphatic carboxylic acids is 1. The van der Waals surface area contributed by atoms with Crippen LogP contribution >= 0.6 is 11.6 Å². The van der Waals surface area contributed by atoms with Gasteiger partial charge in [-0.05, 0) is 11.6 Å². The lowest BCUT2D eigenvalue weighted by Crippen LogP contribution is -2.36. The Morgan fingerprint density at radius 2 is 1.74 bits per heavy atom. The van der Waals surface area contributed by atoms with E-state index in [0.29, 0.717) is 5.56 Å². The molecule has 6 heteroatoms. The van der Waals surface area contributed by atoms with Gasteiger partial charge in [0.15, 0.2) is 6.04 Å². The van der Waals surface area contributed by atoms with Gasteiger partial charge in [-0.3, -0.25) is 4.90 Å². The molecule has 2 aromatic carbocycles. The Bertz CT molecular complexity index is 690. The number of amides is 1. The van der Waals surface area contributed by atoms with Gasteiger partial charge in [-0.15, -0.1) is 0 Å². The molecule has 1 atom stereocenters. The number of hydrogen-bond donors (Lipinski definition) is 1. The van der Waals surface area contributed by atoms with Gasteiger partial charge in [-0.25, -0.2) is 9.59 Å². The summed E-state index contributed by atoms with van der Waals surface area (Å²) in [6.45, 7) is 0.0683. The minimum atomic E-state index is -1.22. The number of carboxylic acids is 1. The highest BCUT2D eigenvalue weighted by atomic mass is 35.5. The normalized spacial score (nSPS) is 11.6. The molecule has 0 saturated heterocycles. The molecular formula is C17H16ClNO4. The number of hydrogen-bond acceptors (Lipinski definition) is 3. The van der Waals surface area contributed by atoms with Crippen molar-refractivity contribution in [2.45, 2.75) is 12.6 Å². The summed E-state index contributed by atoms with van der Waals surface area (Å²) in [4.78, 5) is 24.7. The molecule has 0 heterocycles. The molecule has 1 unspecified atom stereocenters. The molecule has 5 nitrogen and oxygen atoms in total. The van der Waals surface area contributed by atoms with Gasteiger partial charge in [0.05, 0.1) is 0 Å². The Kier molecular flexibility index (Phi) is 5.60. The molecular weight excluding hydrogens is 318 g/mol. The molecule has 0 fully saturated rings. The van der Waals surface area contributed by atoms with Crippen molar-refractivity contribution in [2.75, 3.05) is 7.05 Å². The first-order valence-corrected chi connectivity index (χ1v) is 7.29. The van der Waals surface area contributed by atoms with Gasteiger partial charge in [-0.2, -0.15) is 0 Å². The van der Waals surface area contributed by atoms with Gasteiger partial charge >= 0.3 is 12.1 Å². The van der Waals surface area contributed by atoms with Crippen molar-refractivity contribution >= 4 is 23.7 Å². The first-order chi connectivity index (χ1) is 11.0. The third-order valence-corrected chi connectivity index (χ3v) is 3.66. The van der Waals surface area contributed by atoms with Gasteiger partial charge in [-0.1, -0.05) is 60.1 Å². The fourth-order valence-corrected chi connectivity index (χ4v) is 2.37. The highest BCUT2D eigenvalue weighted by molar-refractivity contribution is 6.31. The van der Waals surface area contributed by atoms with Gasteiger partial charge < -0.3 is 9.84 Å². The summed E-state index contributed by atoms with van der Waals surface area (Å²) in [6, 6.07) is 14.4. The minimum Gasteiger partial charge on any atom is -0.479 e. The number of likely N-dealkylation sites (N-methyl/N-ethyl adjacent to an activating group) is 1. The van der Waals surface area contributed by atoms with Crippen LogP contribution in [-0.4, -0.2) is 29.1 Å². The van der Waals surface area contributed by atoms with Crippen molar-refractivity contribution in [3.05, 3.63) is 70.7 Å². The largest absolute Gasteiger partial charge is 0.479 e. The van der Waals surface area contributed by atoms with Crippen molar-refractivity contribution in [1.82, 2.24) is 4.90 Å². The number of nitrogens with zero attached hydrogens (tertiary/aromatic N) is 1. The van der Waals surface area contributed by atoms with Crippen LogP contribution in [0.4, 0.5) is 4.79 Å². The molecule has 1 amide bonds. The Morgan fingerprint density at radius 1 is 1.13 bits per heavy atom. The fraction of sp³-hybridized carbons (Fsp3) is 0.176. The van der Waals surface area contributed by atoms with E-state index in [9.17, 15) is 14.7 Å². The number of carbonyl (C=O) groups is 2. The predicted molar refractivity (Wildman–Crippen MR) is 86.2 cm³/mol. The van der Waals surface area contributed by atoms with Crippen molar-refractivity contribution in [3.63, 3.8) is 0 Å². The molecule has 0 aliphatic heterocycles. The van der Waals surface area contributed by atoms with Crippen LogP contribution in [0, 0.1) is 0 Å². The zero-order chi connectivity index (χ0) is 16.8. The van der Waals surface area contributed by atoms with E-state index >= 15 is 0 Å². The van der Waals surface area contributed by atoms with Crippen molar-refractivity contribution in [2.24, 2.45) is 0 Å². The first-order valence-electron chi connectivity index (χ1n) is 6.91.